The van der Waals surface area contributed by atoms with Crippen molar-refractivity contribution in [1.82, 2.24) is 4.90 Å². The highest BCUT2D eigenvalue weighted by atomic mass is 35.5. The zero-order valence-corrected chi connectivity index (χ0v) is 21.6. The second kappa shape index (κ2) is 8.44. The van der Waals surface area contributed by atoms with Crippen molar-refractivity contribution in [2.24, 2.45) is 0 Å². The molecule has 2 aliphatic heterocycles. The minimum atomic E-state index is -1.72. The predicted octanol–water partition coefficient (Wildman–Crippen LogP) is 5.79. The number of anilines is 1. The molecule has 7 rings (SSSR count). The summed E-state index contributed by atoms with van der Waals surface area (Å²) in [6.07, 6.45) is 1.51. The summed E-state index contributed by atoms with van der Waals surface area (Å²) in [6.45, 7) is 2.07. The van der Waals surface area contributed by atoms with E-state index in [1.807, 2.05) is 37.3 Å². The molecule has 0 N–H and O–H groups in total. The number of benzene rings is 3. The number of hydrogen-bond donors (Lipinski definition) is 0. The molecule has 0 radical (unpaired) electrons. The monoisotopic (exact) mass is 536 g/mol. The van der Waals surface area contributed by atoms with Crippen LogP contribution < -0.4 is 10.3 Å². The molecule has 39 heavy (non-hydrogen) atoms. The quantitative estimate of drug-likeness (QED) is 0.290. The van der Waals surface area contributed by atoms with E-state index in [-0.39, 0.29) is 24.4 Å². The molecule has 7 nitrogen and oxygen atoms in total. The van der Waals surface area contributed by atoms with Gasteiger partial charge in [0.2, 0.25) is 5.76 Å². The van der Waals surface area contributed by atoms with Gasteiger partial charge in [-0.05, 0) is 55.0 Å². The van der Waals surface area contributed by atoms with Crippen molar-refractivity contribution in [2.45, 2.75) is 25.6 Å². The molecule has 3 aromatic carbocycles. The van der Waals surface area contributed by atoms with Crippen LogP contribution in [0.4, 0.5) is 5.69 Å². The maximum absolute atomic E-state index is 14.8. The summed E-state index contributed by atoms with van der Waals surface area (Å²) in [5.74, 6) is -0.599. The maximum Gasteiger partial charge on any atom is 0.291 e. The first kappa shape index (κ1) is 23.5. The predicted molar refractivity (Wildman–Crippen MR) is 146 cm³/mol. The highest BCUT2D eigenvalue weighted by Crippen LogP contribution is 2.53. The molecule has 192 valence electrons. The standard InChI is InChI=1S/C31H21ClN2O5/c1-18-8-13-25-22(15-18)27(35)26-28(39-25)29(36)34(17-21-5-4-14-38-21)31(26)23-6-2-3-7-24(23)33(30(31)37)16-19-9-11-20(32)12-10-19/h2-15H,16-17H2,1H3. The average Bonchev–Trinajstić information content (AvgIpc) is 3.60. The molecule has 5 aromatic rings. The van der Waals surface area contributed by atoms with E-state index in [1.54, 1.807) is 53.4 Å². The van der Waals surface area contributed by atoms with Crippen molar-refractivity contribution in [3.05, 3.63) is 134 Å². The van der Waals surface area contributed by atoms with E-state index < -0.39 is 22.8 Å². The zero-order valence-electron chi connectivity index (χ0n) is 20.8. The van der Waals surface area contributed by atoms with Crippen LogP contribution in [0.25, 0.3) is 11.0 Å². The molecule has 1 unspecified atom stereocenters. The second-order valence-corrected chi connectivity index (χ2v) is 10.3. The van der Waals surface area contributed by atoms with Gasteiger partial charge in [0.15, 0.2) is 11.0 Å². The number of carbonyl (C=O) groups excluding carboxylic acids is 2. The highest BCUT2D eigenvalue weighted by molar-refractivity contribution is 6.30. The van der Waals surface area contributed by atoms with E-state index in [0.29, 0.717) is 33.0 Å². The van der Waals surface area contributed by atoms with Crippen molar-refractivity contribution in [3.8, 4) is 0 Å². The summed E-state index contributed by atoms with van der Waals surface area (Å²) >= 11 is 6.09. The maximum atomic E-state index is 14.8. The van der Waals surface area contributed by atoms with Crippen molar-refractivity contribution >= 4 is 40.1 Å². The van der Waals surface area contributed by atoms with Crippen LogP contribution in [-0.4, -0.2) is 16.7 Å². The van der Waals surface area contributed by atoms with Gasteiger partial charge >= 0.3 is 0 Å². The Morgan fingerprint density at radius 2 is 1.69 bits per heavy atom. The van der Waals surface area contributed by atoms with Crippen LogP contribution in [0, 0.1) is 6.92 Å². The first-order valence-corrected chi connectivity index (χ1v) is 12.9. The molecule has 0 saturated heterocycles. The normalized spacial score (nSPS) is 17.9. The molecule has 1 atom stereocenters. The van der Waals surface area contributed by atoms with Crippen LogP contribution in [0.5, 0.6) is 0 Å². The van der Waals surface area contributed by atoms with Gasteiger partial charge in [0.05, 0.1) is 36.0 Å². The van der Waals surface area contributed by atoms with Crippen molar-refractivity contribution in [1.29, 1.82) is 0 Å². The lowest BCUT2D eigenvalue weighted by molar-refractivity contribution is -0.126. The lowest BCUT2D eigenvalue weighted by atomic mass is 9.84. The Kier molecular flexibility index (Phi) is 5.09. The fourth-order valence-corrected chi connectivity index (χ4v) is 5.94. The van der Waals surface area contributed by atoms with E-state index in [1.165, 1.54) is 11.2 Å². The number of carbonyl (C=O) groups is 2. The molecular weight excluding hydrogens is 516 g/mol. The summed E-state index contributed by atoms with van der Waals surface area (Å²) in [5, 5.41) is 0.908. The minimum absolute atomic E-state index is 0.0281. The summed E-state index contributed by atoms with van der Waals surface area (Å²) in [5.41, 5.74) is 1.08. The number of fused-ring (bicyclic) bond motifs is 5. The number of rotatable bonds is 4. The van der Waals surface area contributed by atoms with Gasteiger partial charge in [-0.25, -0.2) is 0 Å². The Hall–Kier alpha value is -4.62. The Morgan fingerprint density at radius 1 is 0.897 bits per heavy atom. The fourth-order valence-electron chi connectivity index (χ4n) is 5.81. The molecule has 0 fully saturated rings. The average molecular weight is 537 g/mol. The van der Waals surface area contributed by atoms with Crippen LogP contribution in [-0.2, 0) is 23.4 Å². The Morgan fingerprint density at radius 3 is 2.46 bits per heavy atom. The largest absolute Gasteiger partial charge is 0.467 e. The number of nitrogens with zero attached hydrogens (tertiary/aromatic N) is 2. The molecule has 2 aliphatic rings. The number of hydrogen-bond acceptors (Lipinski definition) is 5. The van der Waals surface area contributed by atoms with E-state index in [4.69, 9.17) is 20.4 Å². The van der Waals surface area contributed by atoms with E-state index in [2.05, 4.69) is 0 Å². The van der Waals surface area contributed by atoms with E-state index in [9.17, 15) is 14.4 Å². The van der Waals surface area contributed by atoms with Gasteiger partial charge in [-0.1, -0.05) is 53.6 Å². The Labute approximate surface area is 227 Å². The van der Waals surface area contributed by atoms with E-state index in [0.717, 1.165) is 11.1 Å². The minimum Gasteiger partial charge on any atom is -0.467 e. The Bertz CT molecular complexity index is 1860. The third-order valence-electron chi connectivity index (χ3n) is 7.54. The molecule has 8 heteroatoms. The molecule has 0 bridgehead atoms. The molecule has 0 saturated carbocycles. The van der Waals surface area contributed by atoms with Gasteiger partial charge in [-0.2, -0.15) is 0 Å². The number of para-hydroxylation sites is 1. The second-order valence-electron chi connectivity index (χ2n) is 9.85. The van der Waals surface area contributed by atoms with Crippen LogP contribution in [0.1, 0.15) is 38.6 Å². The lowest BCUT2D eigenvalue weighted by Gasteiger charge is -2.33. The van der Waals surface area contributed by atoms with E-state index >= 15 is 0 Å². The molecule has 2 amide bonds. The third-order valence-corrected chi connectivity index (χ3v) is 7.79. The van der Waals surface area contributed by atoms with Gasteiger partial charge in [-0.3, -0.25) is 14.4 Å². The molecule has 2 aromatic heterocycles. The molecule has 4 heterocycles. The van der Waals surface area contributed by atoms with Crippen molar-refractivity contribution in [3.63, 3.8) is 0 Å². The number of halogens is 1. The smallest absolute Gasteiger partial charge is 0.291 e. The highest BCUT2D eigenvalue weighted by Gasteiger charge is 2.65. The van der Waals surface area contributed by atoms with Crippen molar-refractivity contribution < 1.29 is 18.4 Å². The molecule has 1 spiro atoms. The lowest BCUT2D eigenvalue weighted by Crippen LogP contribution is -2.52. The zero-order chi connectivity index (χ0) is 26.9. The van der Waals surface area contributed by atoms with Gasteiger partial charge in [0, 0.05) is 10.6 Å². The van der Waals surface area contributed by atoms with Gasteiger partial charge in [0.1, 0.15) is 11.3 Å². The molecule has 0 aliphatic carbocycles. The van der Waals surface area contributed by atoms with Crippen LogP contribution >= 0.6 is 11.6 Å². The van der Waals surface area contributed by atoms with Crippen LogP contribution in [0.15, 0.2) is 98.8 Å². The summed E-state index contributed by atoms with van der Waals surface area (Å²) in [4.78, 5) is 46.1. The first-order chi connectivity index (χ1) is 18.9. The number of amides is 2. The van der Waals surface area contributed by atoms with Gasteiger partial charge in [-0.15, -0.1) is 0 Å². The van der Waals surface area contributed by atoms with Gasteiger partial charge in [0.25, 0.3) is 11.8 Å². The number of furan rings is 1. The van der Waals surface area contributed by atoms with Crippen molar-refractivity contribution in [2.75, 3.05) is 4.90 Å². The summed E-state index contributed by atoms with van der Waals surface area (Å²) < 4.78 is 11.7. The summed E-state index contributed by atoms with van der Waals surface area (Å²) in [6, 6.07) is 23.2. The topological polar surface area (TPSA) is 84.0 Å². The van der Waals surface area contributed by atoms with Crippen LogP contribution in [0.3, 0.4) is 0 Å². The first-order valence-electron chi connectivity index (χ1n) is 12.5. The summed E-state index contributed by atoms with van der Waals surface area (Å²) in [7, 11) is 0. The third kappa shape index (κ3) is 3.26. The SMILES string of the molecule is Cc1ccc2oc3c(c(=O)c2c1)C1(C(=O)N(Cc2ccc(Cl)cc2)c2ccccc21)N(Cc1ccco1)C3=O. The molecular formula is C31H21ClN2O5. The number of aryl methyl sites for hydroxylation is 1. The Balaban J connectivity index is 1.52. The van der Waals surface area contributed by atoms with Crippen LogP contribution in [0.2, 0.25) is 5.02 Å². The van der Waals surface area contributed by atoms with Gasteiger partial charge < -0.3 is 18.6 Å². The fraction of sp³-hybridized carbons (Fsp3) is 0.129.